The number of nitrogens with zero attached hydrogens (tertiary/aromatic N) is 4. The zero-order valence-electron chi connectivity index (χ0n) is 11.5. The van der Waals surface area contributed by atoms with E-state index >= 15 is 0 Å². The Labute approximate surface area is 125 Å². The fourth-order valence-electron chi connectivity index (χ4n) is 2.45. The molecule has 0 aliphatic heterocycles. The van der Waals surface area contributed by atoms with Gasteiger partial charge in [-0.3, -0.25) is 9.55 Å². The summed E-state index contributed by atoms with van der Waals surface area (Å²) in [7, 11) is 0. The Balaban J connectivity index is 1.90. The SMILES string of the molecule is Nc1ccc(F)c(-n2ccn3nc(-c4cccnc4)cc23)c1. The van der Waals surface area contributed by atoms with E-state index in [1.165, 1.54) is 12.1 Å². The minimum atomic E-state index is -0.337. The molecule has 5 nitrogen and oxygen atoms in total. The molecule has 0 spiro atoms. The van der Waals surface area contributed by atoms with Crippen LogP contribution in [-0.2, 0) is 0 Å². The first-order valence-corrected chi connectivity index (χ1v) is 6.75. The summed E-state index contributed by atoms with van der Waals surface area (Å²) >= 11 is 0. The van der Waals surface area contributed by atoms with Crippen molar-refractivity contribution in [2.45, 2.75) is 0 Å². The molecule has 0 aliphatic carbocycles. The molecule has 0 radical (unpaired) electrons. The molecule has 0 amide bonds. The molecule has 0 unspecified atom stereocenters. The van der Waals surface area contributed by atoms with Crippen LogP contribution in [0.5, 0.6) is 0 Å². The highest BCUT2D eigenvalue weighted by atomic mass is 19.1. The normalized spacial score (nSPS) is 11.1. The number of halogens is 1. The van der Waals surface area contributed by atoms with Crippen molar-refractivity contribution in [3.8, 4) is 16.9 Å². The molecule has 0 atom stereocenters. The van der Waals surface area contributed by atoms with Gasteiger partial charge in [-0.15, -0.1) is 0 Å². The first-order valence-electron chi connectivity index (χ1n) is 6.75. The van der Waals surface area contributed by atoms with Gasteiger partial charge in [0, 0.05) is 42.1 Å². The molecule has 0 saturated carbocycles. The summed E-state index contributed by atoms with van der Waals surface area (Å²) in [5, 5.41) is 4.48. The van der Waals surface area contributed by atoms with Crippen LogP contribution >= 0.6 is 0 Å². The number of imidazole rings is 1. The first kappa shape index (κ1) is 12.6. The molecule has 1 aromatic carbocycles. The standard InChI is InChI=1S/C16H12FN5/c17-13-4-3-12(18)8-15(13)21-6-7-22-16(21)9-14(20-22)11-2-1-5-19-10-11/h1-10H,18H2. The predicted molar refractivity (Wildman–Crippen MR) is 82.1 cm³/mol. The largest absolute Gasteiger partial charge is 0.399 e. The van der Waals surface area contributed by atoms with E-state index in [-0.39, 0.29) is 5.82 Å². The van der Waals surface area contributed by atoms with Gasteiger partial charge >= 0.3 is 0 Å². The van der Waals surface area contributed by atoms with Crippen molar-refractivity contribution in [3.05, 3.63) is 67.0 Å². The monoisotopic (exact) mass is 293 g/mol. The molecule has 0 bridgehead atoms. The van der Waals surface area contributed by atoms with Gasteiger partial charge in [-0.1, -0.05) is 0 Å². The number of anilines is 1. The van der Waals surface area contributed by atoms with Crippen molar-refractivity contribution in [1.82, 2.24) is 19.2 Å². The highest BCUT2D eigenvalue weighted by Crippen LogP contribution is 2.23. The van der Waals surface area contributed by atoms with Crippen LogP contribution in [0.3, 0.4) is 0 Å². The van der Waals surface area contributed by atoms with Gasteiger partial charge in [0.05, 0.1) is 11.4 Å². The molecule has 108 valence electrons. The fourth-order valence-corrected chi connectivity index (χ4v) is 2.45. The summed E-state index contributed by atoms with van der Waals surface area (Å²) in [6.07, 6.45) is 6.99. The molecule has 0 aliphatic rings. The van der Waals surface area contributed by atoms with Crippen LogP contribution in [0.4, 0.5) is 10.1 Å². The number of hydrogen-bond donors (Lipinski definition) is 1. The lowest BCUT2D eigenvalue weighted by molar-refractivity contribution is 0.620. The Bertz CT molecular complexity index is 955. The molecule has 4 rings (SSSR count). The lowest BCUT2D eigenvalue weighted by atomic mass is 10.2. The second kappa shape index (κ2) is 4.70. The van der Waals surface area contributed by atoms with Crippen LogP contribution < -0.4 is 5.73 Å². The highest BCUT2D eigenvalue weighted by molar-refractivity contribution is 5.65. The number of rotatable bonds is 2. The Hall–Kier alpha value is -3.15. The lowest BCUT2D eigenvalue weighted by Gasteiger charge is -2.06. The van der Waals surface area contributed by atoms with Crippen molar-refractivity contribution in [2.24, 2.45) is 0 Å². The Kier molecular flexibility index (Phi) is 2.69. The van der Waals surface area contributed by atoms with Gasteiger partial charge in [-0.05, 0) is 30.3 Å². The number of nitrogen functional groups attached to an aromatic ring is 1. The third kappa shape index (κ3) is 1.93. The molecular weight excluding hydrogens is 281 g/mol. The van der Waals surface area contributed by atoms with Gasteiger partial charge in [-0.25, -0.2) is 8.91 Å². The van der Waals surface area contributed by atoms with Crippen molar-refractivity contribution < 1.29 is 4.39 Å². The van der Waals surface area contributed by atoms with Crippen LogP contribution in [0.1, 0.15) is 0 Å². The topological polar surface area (TPSA) is 61.1 Å². The Morgan fingerprint density at radius 1 is 1.09 bits per heavy atom. The highest BCUT2D eigenvalue weighted by Gasteiger charge is 2.12. The number of aromatic nitrogens is 4. The van der Waals surface area contributed by atoms with Crippen molar-refractivity contribution in [2.75, 3.05) is 5.73 Å². The molecular formula is C16H12FN5. The number of benzene rings is 1. The van der Waals surface area contributed by atoms with Crippen LogP contribution in [0.2, 0.25) is 0 Å². The van der Waals surface area contributed by atoms with E-state index in [1.54, 1.807) is 39.9 Å². The second-order valence-corrected chi connectivity index (χ2v) is 4.95. The molecule has 3 heterocycles. The minimum absolute atomic E-state index is 0.337. The zero-order valence-corrected chi connectivity index (χ0v) is 11.5. The summed E-state index contributed by atoms with van der Waals surface area (Å²) in [4.78, 5) is 4.09. The molecule has 0 fully saturated rings. The smallest absolute Gasteiger partial charge is 0.147 e. The maximum atomic E-state index is 14.1. The summed E-state index contributed by atoms with van der Waals surface area (Å²) < 4.78 is 17.5. The molecule has 4 aromatic rings. The summed E-state index contributed by atoms with van der Waals surface area (Å²) in [6, 6.07) is 10.2. The van der Waals surface area contributed by atoms with Crippen LogP contribution in [0.25, 0.3) is 22.6 Å². The number of hydrogen-bond acceptors (Lipinski definition) is 3. The average molecular weight is 293 g/mol. The van der Waals surface area contributed by atoms with Crippen LogP contribution in [-0.4, -0.2) is 19.2 Å². The van der Waals surface area contributed by atoms with Gasteiger partial charge < -0.3 is 5.73 Å². The van der Waals surface area contributed by atoms with Crippen LogP contribution in [0, 0.1) is 5.82 Å². The van der Waals surface area contributed by atoms with E-state index < -0.39 is 0 Å². The average Bonchev–Trinajstić information content (AvgIpc) is 3.11. The molecule has 22 heavy (non-hydrogen) atoms. The van der Waals surface area contributed by atoms with E-state index in [0.717, 1.165) is 16.9 Å². The fraction of sp³-hybridized carbons (Fsp3) is 0. The molecule has 0 saturated heterocycles. The quantitative estimate of drug-likeness (QED) is 0.578. The van der Waals surface area contributed by atoms with Crippen molar-refractivity contribution in [3.63, 3.8) is 0 Å². The third-order valence-corrected chi connectivity index (χ3v) is 3.51. The number of nitrogens with two attached hydrogens (primary N) is 1. The summed E-state index contributed by atoms with van der Waals surface area (Å²) in [5.74, 6) is -0.337. The Morgan fingerprint density at radius 3 is 2.82 bits per heavy atom. The van der Waals surface area contributed by atoms with Gasteiger partial charge in [0.1, 0.15) is 11.5 Å². The maximum absolute atomic E-state index is 14.1. The van der Waals surface area contributed by atoms with Gasteiger partial charge in [0.2, 0.25) is 0 Å². The molecule has 6 heteroatoms. The van der Waals surface area contributed by atoms with Crippen LogP contribution in [0.15, 0.2) is 61.2 Å². The number of fused-ring (bicyclic) bond motifs is 1. The minimum Gasteiger partial charge on any atom is -0.399 e. The van der Waals surface area contributed by atoms with Gasteiger partial charge in [0.15, 0.2) is 0 Å². The predicted octanol–water partition coefficient (Wildman–Crippen LogP) is 2.91. The van der Waals surface area contributed by atoms with E-state index in [9.17, 15) is 4.39 Å². The first-order chi connectivity index (χ1) is 10.7. The van der Waals surface area contributed by atoms with Crippen molar-refractivity contribution in [1.29, 1.82) is 0 Å². The van der Waals surface area contributed by atoms with Gasteiger partial charge in [0.25, 0.3) is 0 Å². The summed E-state index contributed by atoms with van der Waals surface area (Å²) in [5.41, 5.74) is 9.11. The van der Waals surface area contributed by atoms with Crippen molar-refractivity contribution >= 4 is 11.3 Å². The molecule has 3 aromatic heterocycles. The molecule has 2 N–H and O–H groups in total. The third-order valence-electron chi connectivity index (χ3n) is 3.51. The van der Waals surface area contributed by atoms with E-state index in [2.05, 4.69) is 10.1 Å². The maximum Gasteiger partial charge on any atom is 0.147 e. The van der Waals surface area contributed by atoms with Gasteiger partial charge in [-0.2, -0.15) is 5.10 Å². The Morgan fingerprint density at radius 2 is 2.00 bits per heavy atom. The lowest BCUT2D eigenvalue weighted by Crippen LogP contribution is -1.98. The second-order valence-electron chi connectivity index (χ2n) is 4.95. The van der Waals surface area contributed by atoms with E-state index in [0.29, 0.717) is 11.4 Å². The summed E-state index contributed by atoms with van der Waals surface area (Å²) in [6.45, 7) is 0. The zero-order chi connectivity index (χ0) is 15.1. The number of pyridine rings is 1. The van der Waals surface area contributed by atoms with E-state index in [1.807, 2.05) is 18.2 Å². The van der Waals surface area contributed by atoms with E-state index in [4.69, 9.17) is 5.73 Å².